The lowest BCUT2D eigenvalue weighted by atomic mass is 10.1. The lowest BCUT2D eigenvalue weighted by molar-refractivity contribution is 0.0469. The van der Waals surface area contributed by atoms with Gasteiger partial charge in [0.25, 0.3) is 5.91 Å². The molecule has 3 N–H and O–H groups in total. The van der Waals surface area contributed by atoms with Gasteiger partial charge in [-0.15, -0.1) is 0 Å². The largest absolute Gasteiger partial charge is 0.444 e. The first kappa shape index (κ1) is 16.1. The molecule has 0 saturated carbocycles. The molecule has 0 fully saturated rings. The van der Waals surface area contributed by atoms with Crippen molar-refractivity contribution in [1.29, 1.82) is 0 Å². The average Bonchev–Trinajstić information content (AvgIpc) is 2.75. The van der Waals surface area contributed by atoms with Crippen molar-refractivity contribution < 1.29 is 14.3 Å². The Kier molecular flexibility index (Phi) is 4.81. The molecular formula is C14H23N3O3. The Labute approximate surface area is 119 Å². The van der Waals surface area contributed by atoms with Gasteiger partial charge in [0.15, 0.2) is 0 Å². The minimum atomic E-state index is -0.607. The fraction of sp³-hybridized carbons (Fsp3) is 0.571. The van der Waals surface area contributed by atoms with E-state index in [1.807, 2.05) is 13.8 Å². The minimum Gasteiger partial charge on any atom is -0.444 e. The summed E-state index contributed by atoms with van der Waals surface area (Å²) >= 11 is 0. The van der Waals surface area contributed by atoms with Crippen LogP contribution in [0.3, 0.4) is 0 Å². The van der Waals surface area contributed by atoms with Crippen LogP contribution in [0.25, 0.3) is 0 Å². The van der Waals surface area contributed by atoms with Gasteiger partial charge < -0.3 is 20.4 Å². The Morgan fingerprint density at radius 2 is 1.90 bits per heavy atom. The first-order valence-electron chi connectivity index (χ1n) is 6.52. The molecule has 0 aliphatic heterocycles. The van der Waals surface area contributed by atoms with Crippen molar-refractivity contribution in [3.8, 4) is 0 Å². The Bertz CT molecular complexity index is 459. The quantitative estimate of drug-likeness (QED) is 0.789. The van der Waals surface area contributed by atoms with E-state index in [2.05, 4.69) is 15.6 Å². The van der Waals surface area contributed by atoms with E-state index in [1.165, 1.54) is 0 Å². The summed E-state index contributed by atoms with van der Waals surface area (Å²) in [6.07, 6.45) is 1.18. The summed E-state index contributed by atoms with van der Waals surface area (Å²) in [5.74, 6) is -0.214. The fourth-order valence-electron chi connectivity index (χ4n) is 1.49. The molecule has 1 rings (SSSR count). The highest BCUT2D eigenvalue weighted by Crippen LogP contribution is 2.09. The number of ether oxygens (including phenoxy) is 1. The van der Waals surface area contributed by atoms with Gasteiger partial charge in [-0.2, -0.15) is 0 Å². The van der Waals surface area contributed by atoms with Gasteiger partial charge in [0, 0.05) is 12.7 Å². The summed E-state index contributed by atoms with van der Waals surface area (Å²) in [5.41, 5.74) is -0.670. The summed E-state index contributed by atoms with van der Waals surface area (Å²) in [5, 5.41) is 5.48. The normalized spacial score (nSPS) is 11.8. The van der Waals surface area contributed by atoms with Crippen molar-refractivity contribution >= 4 is 12.0 Å². The highest BCUT2D eigenvalue weighted by Gasteiger charge is 2.25. The molecule has 2 amide bonds. The molecule has 0 radical (unpaired) electrons. The van der Waals surface area contributed by atoms with Crippen LogP contribution in [0.5, 0.6) is 0 Å². The molecule has 112 valence electrons. The number of nitrogens with one attached hydrogen (secondary N) is 3. The number of amides is 2. The van der Waals surface area contributed by atoms with Crippen molar-refractivity contribution in [2.24, 2.45) is 0 Å². The number of aromatic nitrogens is 1. The van der Waals surface area contributed by atoms with Crippen molar-refractivity contribution in [2.45, 2.75) is 45.8 Å². The van der Waals surface area contributed by atoms with Crippen LogP contribution in [0.15, 0.2) is 18.3 Å². The molecule has 0 aromatic carbocycles. The van der Waals surface area contributed by atoms with E-state index in [9.17, 15) is 9.59 Å². The Morgan fingerprint density at radius 3 is 2.40 bits per heavy atom. The van der Waals surface area contributed by atoms with E-state index in [1.54, 1.807) is 39.1 Å². The first-order chi connectivity index (χ1) is 9.09. The van der Waals surface area contributed by atoms with E-state index in [0.717, 1.165) is 0 Å². The Hall–Kier alpha value is -1.98. The van der Waals surface area contributed by atoms with Gasteiger partial charge in [0.1, 0.15) is 11.3 Å². The molecule has 1 aromatic rings. The van der Waals surface area contributed by atoms with E-state index in [4.69, 9.17) is 4.74 Å². The third-order valence-corrected chi connectivity index (χ3v) is 2.37. The van der Waals surface area contributed by atoms with Crippen LogP contribution in [0, 0.1) is 0 Å². The lowest BCUT2D eigenvalue weighted by Gasteiger charge is -2.28. The zero-order valence-corrected chi connectivity index (χ0v) is 12.7. The summed E-state index contributed by atoms with van der Waals surface area (Å²) in [4.78, 5) is 26.3. The van der Waals surface area contributed by atoms with Crippen molar-refractivity contribution in [3.63, 3.8) is 0 Å². The third-order valence-electron chi connectivity index (χ3n) is 2.37. The highest BCUT2D eigenvalue weighted by molar-refractivity contribution is 5.92. The van der Waals surface area contributed by atoms with Gasteiger partial charge in [-0.3, -0.25) is 4.79 Å². The molecule has 6 heteroatoms. The number of carbonyl (C=O) groups excluding carboxylic acids is 2. The standard InChI is InChI=1S/C14H23N3O3/c1-13(2,3)20-12(19)17-14(4,5)9-16-11(18)10-7-6-8-15-10/h6-8,15H,9H2,1-5H3,(H,16,18)(H,17,19). The molecule has 0 saturated heterocycles. The fourth-order valence-corrected chi connectivity index (χ4v) is 1.49. The minimum absolute atomic E-state index is 0.214. The van der Waals surface area contributed by atoms with Crippen molar-refractivity contribution in [3.05, 3.63) is 24.0 Å². The maximum atomic E-state index is 11.8. The molecule has 6 nitrogen and oxygen atoms in total. The van der Waals surface area contributed by atoms with Crippen LogP contribution >= 0.6 is 0 Å². The monoisotopic (exact) mass is 281 g/mol. The smallest absolute Gasteiger partial charge is 0.408 e. The van der Waals surface area contributed by atoms with E-state index >= 15 is 0 Å². The molecular weight excluding hydrogens is 258 g/mol. The second-order valence-electron chi connectivity index (χ2n) is 6.28. The van der Waals surface area contributed by atoms with Crippen LogP contribution in [0.4, 0.5) is 4.79 Å². The van der Waals surface area contributed by atoms with Gasteiger partial charge >= 0.3 is 6.09 Å². The number of alkyl carbamates (subject to hydrolysis) is 1. The van der Waals surface area contributed by atoms with Crippen LogP contribution < -0.4 is 10.6 Å². The van der Waals surface area contributed by atoms with Crippen LogP contribution in [-0.4, -0.2) is 34.7 Å². The molecule has 1 aromatic heterocycles. The SMILES string of the molecule is CC(C)(CNC(=O)c1ccc[nH]1)NC(=O)OC(C)(C)C. The molecule has 0 atom stereocenters. The number of H-pyrrole nitrogens is 1. The maximum absolute atomic E-state index is 11.8. The van der Waals surface area contributed by atoms with Crippen molar-refractivity contribution in [1.82, 2.24) is 15.6 Å². The highest BCUT2D eigenvalue weighted by atomic mass is 16.6. The maximum Gasteiger partial charge on any atom is 0.408 e. The van der Waals surface area contributed by atoms with Gasteiger partial charge in [0.2, 0.25) is 0 Å². The topological polar surface area (TPSA) is 83.2 Å². The molecule has 1 heterocycles. The Balaban J connectivity index is 2.45. The average molecular weight is 281 g/mol. The lowest BCUT2D eigenvalue weighted by Crippen LogP contribution is -2.52. The van der Waals surface area contributed by atoms with E-state index < -0.39 is 17.2 Å². The number of rotatable bonds is 4. The zero-order valence-electron chi connectivity index (χ0n) is 12.7. The molecule has 0 aliphatic rings. The van der Waals surface area contributed by atoms with Crippen LogP contribution in [-0.2, 0) is 4.74 Å². The number of hydrogen-bond donors (Lipinski definition) is 3. The zero-order chi connectivity index (χ0) is 15.4. The van der Waals surface area contributed by atoms with Crippen LogP contribution in [0.1, 0.15) is 45.1 Å². The van der Waals surface area contributed by atoms with E-state index in [-0.39, 0.29) is 5.91 Å². The number of hydrogen-bond acceptors (Lipinski definition) is 3. The first-order valence-corrected chi connectivity index (χ1v) is 6.52. The van der Waals surface area contributed by atoms with Gasteiger partial charge in [-0.1, -0.05) is 0 Å². The number of aromatic amines is 1. The summed E-state index contributed by atoms with van der Waals surface area (Å²) < 4.78 is 5.18. The molecule has 0 spiro atoms. The van der Waals surface area contributed by atoms with Gasteiger partial charge in [0.05, 0.1) is 5.54 Å². The van der Waals surface area contributed by atoms with Gasteiger partial charge in [-0.05, 0) is 46.8 Å². The van der Waals surface area contributed by atoms with E-state index in [0.29, 0.717) is 12.2 Å². The predicted molar refractivity (Wildman–Crippen MR) is 76.6 cm³/mol. The van der Waals surface area contributed by atoms with Crippen LogP contribution in [0.2, 0.25) is 0 Å². The predicted octanol–water partition coefficient (Wildman–Crippen LogP) is 2.05. The van der Waals surface area contributed by atoms with Gasteiger partial charge in [-0.25, -0.2) is 4.79 Å². The summed E-state index contributed by atoms with van der Waals surface area (Å²) in [7, 11) is 0. The van der Waals surface area contributed by atoms with Crippen molar-refractivity contribution in [2.75, 3.05) is 6.54 Å². The number of carbonyl (C=O) groups is 2. The summed E-state index contributed by atoms with van der Waals surface area (Å²) in [6, 6.07) is 3.43. The molecule has 20 heavy (non-hydrogen) atoms. The third kappa shape index (κ3) is 5.77. The Morgan fingerprint density at radius 1 is 1.25 bits per heavy atom. The summed E-state index contributed by atoms with van der Waals surface area (Å²) in [6.45, 7) is 9.31. The molecule has 0 bridgehead atoms. The second kappa shape index (κ2) is 5.98. The molecule has 0 unspecified atom stereocenters. The molecule has 0 aliphatic carbocycles. The second-order valence-corrected chi connectivity index (χ2v) is 6.28.